The number of ether oxygens (including phenoxy) is 1. The molecule has 3 N–H and O–H groups in total. The maximum atomic E-state index is 12.6. The summed E-state index contributed by atoms with van der Waals surface area (Å²) in [5.41, 5.74) is 1.75. The van der Waals surface area contributed by atoms with Gasteiger partial charge in [0, 0.05) is 17.8 Å². The van der Waals surface area contributed by atoms with Crippen LogP contribution in [0.5, 0.6) is 5.75 Å². The molecule has 1 aliphatic carbocycles. The lowest BCUT2D eigenvalue weighted by molar-refractivity contribution is -0.274. The molecule has 0 atom stereocenters. The number of halogens is 3. The van der Waals surface area contributed by atoms with Gasteiger partial charge in [-0.3, -0.25) is 14.5 Å². The molecule has 3 heterocycles. The molecule has 12 heteroatoms. The average molecular weight is 444 g/mol. The summed E-state index contributed by atoms with van der Waals surface area (Å²) < 4.78 is 43.6. The number of hydrogen-bond donors (Lipinski definition) is 3. The quantitative estimate of drug-likeness (QED) is 0.412. The minimum atomic E-state index is -4.81. The van der Waals surface area contributed by atoms with Crippen LogP contribution in [0.25, 0.3) is 23.0 Å². The molecule has 0 spiro atoms. The SMILES string of the molecule is O=C1NC(=O)/C(=C\c2cnc3c(NC4CC4)nc(-c4cccc(OC(F)(F)F)c4)cn23)N1. The number of aromatic nitrogens is 3. The largest absolute Gasteiger partial charge is 0.573 e. The number of nitrogens with one attached hydrogen (secondary N) is 3. The highest BCUT2D eigenvalue weighted by Crippen LogP contribution is 2.31. The van der Waals surface area contributed by atoms with Gasteiger partial charge in [-0.05, 0) is 31.1 Å². The third-order valence-electron chi connectivity index (χ3n) is 4.81. The second-order valence-corrected chi connectivity index (χ2v) is 7.31. The Bertz CT molecular complexity index is 1280. The molecule has 1 aliphatic heterocycles. The number of anilines is 1. The van der Waals surface area contributed by atoms with Crippen molar-refractivity contribution < 1.29 is 27.5 Å². The Balaban J connectivity index is 1.60. The predicted octanol–water partition coefficient (Wildman–Crippen LogP) is 3.05. The van der Waals surface area contributed by atoms with E-state index in [0.29, 0.717) is 28.4 Å². The molecule has 1 saturated carbocycles. The molecule has 3 amide bonds. The van der Waals surface area contributed by atoms with Crippen LogP contribution in [0.2, 0.25) is 0 Å². The van der Waals surface area contributed by atoms with Crippen LogP contribution in [-0.4, -0.2) is 38.7 Å². The molecule has 164 valence electrons. The van der Waals surface area contributed by atoms with Crippen molar-refractivity contribution in [3.63, 3.8) is 0 Å². The molecule has 0 unspecified atom stereocenters. The number of benzene rings is 1. The zero-order valence-electron chi connectivity index (χ0n) is 16.2. The van der Waals surface area contributed by atoms with E-state index in [4.69, 9.17) is 0 Å². The van der Waals surface area contributed by atoms with Gasteiger partial charge in [0.2, 0.25) is 0 Å². The molecule has 3 aromatic rings. The molecule has 32 heavy (non-hydrogen) atoms. The molecular formula is C20H15F3N6O3. The fourth-order valence-corrected chi connectivity index (χ4v) is 3.25. The lowest BCUT2D eigenvalue weighted by atomic mass is 10.1. The standard InChI is InChI=1S/C20H15F3N6O3/c21-20(22,23)32-13-3-1-2-10(6-13)15-9-29-12(7-14-18(30)28-19(31)27-14)8-24-17(29)16(26-15)25-11-4-5-11/h1-3,6-9,11H,4-5H2,(H,25,26)(H2,27,28,30,31)/b14-7+. The fraction of sp³-hybridized carbons (Fsp3) is 0.200. The van der Waals surface area contributed by atoms with Crippen molar-refractivity contribution in [1.82, 2.24) is 25.0 Å². The van der Waals surface area contributed by atoms with E-state index >= 15 is 0 Å². The maximum Gasteiger partial charge on any atom is 0.573 e. The highest BCUT2D eigenvalue weighted by molar-refractivity contribution is 6.13. The number of imidazole rings is 1. The molecule has 9 nitrogen and oxygen atoms in total. The minimum Gasteiger partial charge on any atom is -0.406 e. The van der Waals surface area contributed by atoms with Crippen LogP contribution in [0.1, 0.15) is 18.5 Å². The van der Waals surface area contributed by atoms with E-state index in [-0.39, 0.29) is 17.5 Å². The highest BCUT2D eigenvalue weighted by Gasteiger charge is 2.31. The zero-order valence-corrected chi connectivity index (χ0v) is 16.2. The van der Waals surface area contributed by atoms with E-state index in [0.717, 1.165) is 12.8 Å². The summed E-state index contributed by atoms with van der Waals surface area (Å²) in [6.07, 6.45) is 1.67. The Morgan fingerprint density at radius 1 is 1.22 bits per heavy atom. The Morgan fingerprint density at radius 3 is 2.72 bits per heavy atom. The third-order valence-corrected chi connectivity index (χ3v) is 4.81. The number of fused-ring (bicyclic) bond motifs is 1. The van der Waals surface area contributed by atoms with E-state index in [1.165, 1.54) is 30.5 Å². The normalized spacial score (nSPS) is 17.5. The van der Waals surface area contributed by atoms with Crippen LogP contribution >= 0.6 is 0 Å². The van der Waals surface area contributed by atoms with Gasteiger partial charge in [0.05, 0.1) is 17.6 Å². The average Bonchev–Trinajstić information content (AvgIpc) is 3.35. The summed E-state index contributed by atoms with van der Waals surface area (Å²) in [5, 5.41) is 7.79. The number of rotatable bonds is 5. The second kappa shape index (κ2) is 7.25. The van der Waals surface area contributed by atoms with Gasteiger partial charge >= 0.3 is 12.4 Å². The van der Waals surface area contributed by atoms with E-state index in [1.54, 1.807) is 16.7 Å². The number of hydrogen-bond acceptors (Lipinski definition) is 6. The number of alkyl halides is 3. The van der Waals surface area contributed by atoms with Crippen molar-refractivity contribution in [2.24, 2.45) is 0 Å². The summed E-state index contributed by atoms with van der Waals surface area (Å²) in [6, 6.07) is 5.09. The lowest BCUT2D eigenvalue weighted by Crippen LogP contribution is -2.22. The van der Waals surface area contributed by atoms with Gasteiger partial charge in [-0.15, -0.1) is 13.2 Å². The van der Waals surface area contributed by atoms with Gasteiger partial charge in [0.1, 0.15) is 11.4 Å². The zero-order chi connectivity index (χ0) is 22.5. The Hall–Kier alpha value is -4.09. The lowest BCUT2D eigenvalue weighted by Gasteiger charge is -2.12. The molecule has 5 rings (SSSR count). The number of imide groups is 1. The van der Waals surface area contributed by atoms with Crippen molar-refractivity contribution in [2.75, 3.05) is 5.32 Å². The van der Waals surface area contributed by atoms with Gasteiger partial charge in [0.15, 0.2) is 11.5 Å². The molecule has 1 aromatic carbocycles. The summed E-state index contributed by atoms with van der Waals surface area (Å²) in [6.45, 7) is 0. The van der Waals surface area contributed by atoms with Crippen LogP contribution in [0, 0.1) is 0 Å². The Labute approximate surface area is 178 Å². The third kappa shape index (κ3) is 4.06. The van der Waals surface area contributed by atoms with E-state index in [9.17, 15) is 22.8 Å². The molecular weight excluding hydrogens is 429 g/mol. The molecule has 2 fully saturated rings. The molecule has 2 aromatic heterocycles. The first kappa shape index (κ1) is 19.8. The highest BCUT2D eigenvalue weighted by atomic mass is 19.4. The number of urea groups is 1. The van der Waals surface area contributed by atoms with Gasteiger partial charge < -0.3 is 15.4 Å². The molecule has 1 saturated heterocycles. The summed E-state index contributed by atoms with van der Waals surface area (Å²) >= 11 is 0. The second-order valence-electron chi connectivity index (χ2n) is 7.31. The van der Waals surface area contributed by atoms with Crippen molar-refractivity contribution in [3.05, 3.63) is 48.1 Å². The minimum absolute atomic E-state index is 0.0486. The van der Waals surface area contributed by atoms with E-state index < -0.39 is 18.3 Å². The summed E-state index contributed by atoms with van der Waals surface area (Å²) in [5.74, 6) is -0.490. The topological polar surface area (TPSA) is 110 Å². The smallest absolute Gasteiger partial charge is 0.406 e. The summed E-state index contributed by atoms with van der Waals surface area (Å²) in [7, 11) is 0. The van der Waals surface area contributed by atoms with Crippen molar-refractivity contribution in [1.29, 1.82) is 0 Å². The molecule has 2 aliphatic rings. The van der Waals surface area contributed by atoms with Crippen LogP contribution in [0.3, 0.4) is 0 Å². The summed E-state index contributed by atoms with van der Waals surface area (Å²) in [4.78, 5) is 32.2. The van der Waals surface area contributed by atoms with Gasteiger partial charge in [-0.1, -0.05) is 12.1 Å². The predicted molar refractivity (Wildman–Crippen MR) is 106 cm³/mol. The maximum absolute atomic E-state index is 12.6. The number of amides is 3. The van der Waals surface area contributed by atoms with Crippen LogP contribution in [0.15, 0.2) is 42.4 Å². The van der Waals surface area contributed by atoms with Crippen LogP contribution in [-0.2, 0) is 4.79 Å². The van der Waals surface area contributed by atoms with Gasteiger partial charge in [-0.2, -0.15) is 0 Å². The number of carbonyl (C=O) groups excluding carboxylic acids is 2. The van der Waals surface area contributed by atoms with Crippen LogP contribution in [0.4, 0.5) is 23.8 Å². The number of carbonyl (C=O) groups is 2. The van der Waals surface area contributed by atoms with Gasteiger partial charge in [0.25, 0.3) is 5.91 Å². The first-order chi connectivity index (χ1) is 15.2. The molecule has 0 bridgehead atoms. The van der Waals surface area contributed by atoms with Crippen molar-refractivity contribution >= 4 is 29.5 Å². The van der Waals surface area contributed by atoms with E-state index in [1.807, 2.05) is 0 Å². The molecule has 0 radical (unpaired) electrons. The Morgan fingerprint density at radius 2 is 2.03 bits per heavy atom. The first-order valence-electron chi connectivity index (χ1n) is 9.60. The number of nitrogens with zero attached hydrogens (tertiary/aromatic N) is 3. The van der Waals surface area contributed by atoms with Gasteiger partial charge in [-0.25, -0.2) is 14.8 Å². The van der Waals surface area contributed by atoms with Crippen LogP contribution < -0.4 is 20.7 Å². The van der Waals surface area contributed by atoms with Crippen molar-refractivity contribution in [2.45, 2.75) is 25.2 Å². The fourth-order valence-electron chi connectivity index (χ4n) is 3.25. The van der Waals surface area contributed by atoms with Crippen molar-refractivity contribution in [3.8, 4) is 17.0 Å². The van der Waals surface area contributed by atoms with E-state index in [2.05, 4.69) is 30.7 Å². The Kier molecular flexibility index (Phi) is 4.50. The first-order valence-corrected chi connectivity index (χ1v) is 9.60. The monoisotopic (exact) mass is 444 g/mol.